The molecule has 0 radical (unpaired) electrons. The van der Waals surface area contributed by atoms with Gasteiger partial charge in [-0.2, -0.15) is 0 Å². The number of rotatable bonds is 5. The minimum atomic E-state index is -0.456. The predicted molar refractivity (Wildman–Crippen MR) is 61.2 cm³/mol. The topological polar surface area (TPSA) is 43.4 Å². The molecule has 0 aliphatic heterocycles. The van der Waals surface area contributed by atoms with Crippen LogP contribution in [0, 0.1) is 5.92 Å². The van der Waals surface area contributed by atoms with Crippen molar-refractivity contribution in [3.05, 3.63) is 35.9 Å². The molecule has 0 fully saturated rings. The quantitative estimate of drug-likeness (QED) is 0.435. The molecular formula is C13H16O3. The highest BCUT2D eigenvalue weighted by Crippen LogP contribution is 2.04. The summed E-state index contributed by atoms with van der Waals surface area (Å²) in [4.78, 5) is 22.9. The van der Waals surface area contributed by atoms with Crippen molar-refractivity contribution in [2.45, 2.75) is 20.3 Å². The Kier molecular flexibility index (Phi) is 4.70. The predicted octanol–water partition coefficient (Wildman–Crippen LogP) is 2.46. The van der Waals surface area contributed by atoms with Crippen LogP contribution in [0.2, 0.25) is 0 Å². The normalized spacial score (nSPS) is 10.2. The van der Waals surface area contributed by atoms with Gasteiger partial charge in [0.25, 0.3) is 0 Å². The Morgan fingerprint density at radius 2 is 1.81 bits per heavy atom. The Morgan fingerprint density at radius 1 is 1.19 bits per heavy atom. The van der Waals surface area contributed by atoms with Gasteiger partial charge in [-0.1, -0.05) is 44.2 Å². The molecule has 0 amide bonds. The van der Waals surface area contributed by atoms with Gasteiger partial charge in [0.05, 0.1) is 6.61 Å². The first-order valence-corrected chi connectivity index (χ1v) is 5.33. The lowest BCUT2D eigenvalue weighted by molar-refractivity contribution is -0.143. The summed E-state index contributed by atoms with van der Waals surface area (Å²) in [6, 6.07) is 8.75. The molecule has 0 aliphatic carbocycles. The van der Waals surface area contributed by atoms with Crippen molar-refractivity contribution in [2.75, 3.05) is 6.61 Å². The maximum atomic E-state index is 11.6. The first-order valence-electron chi connectivity index (χ1n) is 5.33. The van der Waals surface area contributed by atoms with E-state index in [4.69, 9.17) is 4.74 Å². The summed E-state index contributed by atoms with van der Waals surface area (Å²) in [5.74, 6) is -0.368. The molecular weight excluding hydrogens is 204 g/mol. The maximum Gasteiger partial charge on any atom is 0.313 e. The molecule has 1 aromatic rings. The van der Waals surface area contributed by atoms with Crippen molar-refractivity contribution < 1.29 is 14.3 Å². The van der Waals surface area contributed by atoms with E-state index in [1.54, 1.807) is 24.3 Å². The Bertz CT molecular complexity index is 355. The molecule has 0 bridgehead atoms. The molecule has 0 heterocycles. The van der Waals surface area contributed by atoms with Crippen LogP contribution in [-0.2, 0) is 9.53 Å². The molecule has 0 saturated carbocycles. The Hall–Kier alpha value is -1.64. The summed E-state index contributed by atoms with van der Waals surface area (Å²) in [5, 5.41) is 0. The number of ether oxygens (including phenoxy) is 1. The monoisotopic (exact) mass is 220 g/mol. The molecule has 16 heavy (non-hydrogen) atoms. The maximum absolute atomic E-state index is 11.6. The second-order valence-electron chi connectivity index (χ2n) is 4.04. The van der Waals surface area contributed by atoms with Crippen molar-refractivity contribution in [3.63, 3.8) is 0 Å². The number of carbonyl (C=O) groups excluding carboxylic acids is 2. The third kappa shape index (κ3) is 4.26. The lowest BCUT2D eigenvalue weighted by Gasteiger charge is -2.06. The zero-order chi connectivity index (χ0) is 12.0. The Labute approximate surface area is 95.4 Å². The minimum absolute atomic E-state index is 0.184. The molecule has 0 aromatic heterocycles. The van der Waals surface area contributed by atoms with E-state index in [1.165, 1.54) is 0 Å². The van der Waals surface area contributed by atoms with Crippen molar-refractivity contribution in [1.82, 2.24) is 0 Å². The van der Waals surface area contributed by atoms with Crippen LogP contribution < -0.4 is 0 Å². The Morgan fingerprint density at radius 3 is 2.38 bits per heavy atom. The van der Waals surface area contributed by atoms with Gasteiger partial charge in [0.15, 0.2) is 5.78 Å². The highest BCUT2D eigenvalue weighted by atomic mass is 16.5. The first kappa shape index (κ1) is 12.4. The van der Waals surface area contributed by atoms with Crippen LogP contribution in [-0.4, -0.2) is 18.4 Å². The van der Waals surface area contributed by atoms with Crippen molar-refractivity contribution in [3.8, 4) is 0 Å². The summed E-state index contributed by atoms with van der Waals surface area (Å²) in [6.07, 6.45) is -0.184. The van der Waals surface area contributed by atoms with E-state index in [9.17, 15) is 9.59 Å². The van der Waals surface area contributed by atoms with Gasteiger partial charge in [0, 0.05) is 5.56 Å². The highest BCUT2D eigenvalue weighted by molar-refractivity contribution is 6.05. The smallest absolute Gasteiger partial charge is 0.313 e. The SMILES string of the molecule is CC(C)COC(=O)CC(=O)c1ccccc1. The van der Waals surface area contributed by atoms with Gasteiger partial charge in [-0.3, -0.25) is 9.59 Å². The lowest BCUT2D eigenvalue weighted by atomic mass is 10.1. The van der Waals surface area contributed by atoms with Gasteiger partial charge in [0.2, 0.25) is 0 Å². The molecule has 86 valence electrons. The molecule has 0 unspecified atom stereocenters. The van der Waals surface area contributed by atoms with Gasteiger partial charge < -0.3 is 4.74 Å². The summed E-state index contributed by atoms with van der Waals surface area (Å²) < 4.78 is 4.94. The number of esters is 1. The van der Waals surface area contributed by atoms with Crippen LogP contribution in [0.4, 0.5) is 0 Å². The number of hydrogen-bond donors (Lipinski definition) is 0. The molecule has 0 N–H and O–H groups in total. The number of ketones is 1. The van der Waals surface area contributed by atoms with E-state index in [2.05, 4.69) is 0 Å². The largest absolute Gasteiger partial charge is 0.465 e. The van der Waals surface area contributed by atoms with Gasteiger partial charge in [-0.25, -0.2) is 0 Å². The fourth-order valence-electron chi connectivity index (χ4n) is 1.17. The average Bonchev–Trinajstić information content (AvgIpc) is 2.27. The van der Waals surface area contributed by atoms with E-state index in [-0.39, 0.29) is 18.1 Å². The number of benzene rings is 1. The fraction of sp³-hybridized carbons (Fsp3) is 0.385. The zero-order valence-electron chi connectivity index (χ0n) is 9.60. The molecule has 0 spiro atoms. The standard InChI is InChI=1S/C13H16O3/c1-10(2)9-16-13(15)8-12(14)11-6-4-3-5-7-11/h3-7,10H,8-9H2,1-2H3. The third-order valence-electron chi connectivity index (χ3n) is 1.98. The van der Waals surface area contributed by atoms with Crippen LogP contribution in [0.1, 0.15) is 30.6 Å². The second-order valence-corrected chi connectivity index (χ2v) is 4.04. The molecule has 1 rings (SSSR count). The third-order valence-corrected chi connectivity index (χ3v) is 1.98. The van der Waals surface area contributed by atoms with Gasteiger partial charge in [-0.15, -0.1) is 0 Å². The van der Waals surface area contributed by atoms with Gasteiger partial charge >= 0.3 is 5.97 Å². The van der Waals surface area contributed by atoms with Crippen molar-refractivity contribution in [2.24, 2.45) is 5.92 Å². The van der Waals surface area contributed by atoms with Crippen LogP contribution in [0.15, 0.2) is 30.3 Å². The van der Waals surface area contributed by atoms with Crippen molar-refractivity contribution >= 4 is 11.8 Å². The lowest BCUT2D eigenvalue weighted by Crippen LogP contribution is -2.14. The summed E-state index contributed by atoms with van der Waals surface area (Å²) in [6.45, 7) is 4.26. The Balaban J connectivity index is 2.43. The van der Waals surface area contributed by atoms with E-state index < -0.39 is 5.97 Å². The van der Waals surface area contributed by atoms with E-state index in [1.807, 2.05) is 19.9 Å². The first-order chi connectivity index (χ1) is 7.59. The van der Waals surface area contributed by atoms with E-state index in [0.717, 1.165) is 0 Å². The molecule has 3 nitrogen and oxygen atoms in total. The van der Waals surface area contributed by atoms with Crippen LogP contribution in [0.5, 0.6) is 0 Å². The number of hydrogen-bond acceptors (Lipinski definition) is 3. The van der Waals surface area contributed by atoms with Crippen LogP contribution >= 0.6 is 0 Å². The summed E-state index contributed by atoms with van der Waals surface area (Å²) in [7, 11) is 0. The minimum Gasteiger partial charge on any atom is -0.465 e. The second kappa shape index (κ2) is 6.05. The van der Waals surface area contributed by atoms with E-state index in [0.29, 0.717) is 12.2 Å². The fourth-order valence-corrected chi connectivity index (χ4v) is 1.17. The van der Waals surface area contributed by atoms with Crippen LogP contribution in [0.3, 0.4) is 0 Å². The molecule has 0 aliphatic rings. The summed E-state index contributed by atoms with van der Waals surface area (Å²) >= 11 is 0. The molecule has 3 heteroatoms. The van der Waals surface area contributed by atoms with Gasteiger partial charge in [0.1, 0.15) is 6.42 Å². The molecule has 1 aromatic carbocycles. The molecule has 0 atom stereocenters. The molecule has 0 saturated heterocycles. The van der Waals surface area contributed by atoms with Crippen molar-refractivity contribution in [1.29, 1.82) is 0 Å². The van der Waals surface area contributed by atoms with E-state index >= 15 is 0 Å². The number of carbonyl (C=O) groups is 2. The summed E-state index contributed by atoms with van der Waals surface area (Å²) in [5.41, 5.74) is 0.545. The van der Waals surface area contributed by atoms with Crippen LogP contribution in [0.25, 0.3) is 0 Å². The zero-order valence-corrected chi connectivity index (χ0v) is 9.60. The number of Topliss-reactive ketones (excluding diaryl/α,β-unsaturated/α-hetero) is 1. The average molecular weight is 220 g/mol. The van der Waals surface area contributed by atoms with Gasteiger partial charge in [-0.05, 0) is 5.92 Å². The highest BCUT2D eigenvalue weighted by Gasteiger charge is 2.12.